The minimum absolute atomic E-state index is 0.169. The maximum atomic E-state index is 12.3. The lowest BCUT2D eigenvalue weighted by Crippen LogP contribution is -2.28. The third-order valence-corrected chi connectivity index (χ3v) is 4.72. The van der Waals surface area contributed by atoms with Crippen molar-refractivity contribution in [1.82, 2.24) is 20.4 Å². The highest BCUT2D eigenvalue weighted by molar-refractivity contribution is 5.93. The Balaban J connectivity index is 1.47. The molecule has 0 spiro atoms. The summed E-state index contributed by atoms with van der Waals surface area (Å²) < 4.78 is 11.1. The molecule has 2 heterocycles. The molecular formula is C23H22N4O3. The van der Waals surface area contributed by atoms with Gasteiger partial charge >= 0.3 is 0 Å². The van der Waals surface area contributed by atoms with E-state index in [0.717, 1.165) is 17.5 Å². The van der Waals surface area contributed by atoms with Crippen LogP contribution in [0.1, 0.15) is 23.9 Å². The number of carbonyl (C=O) groups is 1. The zero-order valence-corrected chi connectivity index (χ0v) is 16.9. The summed E-state index contributed by atoms with van der Waals surface area (Å²) in [7, 11) is 0. The average Bonchev–Trinajstić information content (AvgIpc) is 3.21. The van der Waals surface area contributed by atoms with Gasteiger partial charge in [0.25, 0.3) is 11.6 Å². The first-order chi connectivity index (χ1) is 14.6. The van der Waals surface area contributed by atoms with Crippen LogP contribution in [0.3, 0.4) is 0 Å². The number of ether oxygens (including phenoxy) is 1. The van der Waals surface area contributed by atoms with Gasteiger partial charge in [-0.15, -0.1) is 0 Å². The molecule has 0 unspecified atom stereocenters. The standard InChI is InChI=1S/C23H22N4O3/c1-3-16-9-11-17(12-10-16)13-24-19(28)14-29-22-20-21(18-7-5-4-6-8-18)27-30-23(20)26-15(2)25-22/h4-12H,3,13-14H2,1-2H3,(H,24,28). The van der Waals surface area contributed by atoms with Crippen LogP contribution in [0.25, 0.3) is 22.4 Å². The van der Waals surface area contributed by atoms with Gasteiger partial charge in [-0.1, -0.05) is 66.7 Å². The van der Waals surface area contributed by atoms with Crippen LogP contribution in [-0.4, -0.2) is 27.6 Å². The van der Waals surface area contributed by atoms with E-state index in [1.807, 2.05) is 42.5 Å². The number of hydrogen-bond donors (Lipinski definition) is 1. The number of aryl methyl sites for hydroxylation is 2. The lowest BCUT2D eigenvalue weighted by atomic mass is 10.1. The largest absolute Gasteiger partial charge is 0.467 e. The molecule has 0 saturated carbocycles. The second kappa shape index (κ2) is 8.73. The maximum absolute atomic E-state index is 12.3. The summed E-state index contributed by atoms with van der Waals surface area (Å²) >= 11 is 0. The van der Waals surface area contributed by atoms with Gasteiger partial charge in [-0.05, 0) is 24.5 Å². The first kappa shape index (κ1) is 19.6. The summed E-state index contributed by atoms with van der Waals surface area (Å²) in [6.07, 6.45) is 0.987. The van der Waals surface area contributed by atoms with Gasteiger partial charge in [0.05, 0.1) is 0 Å². The molecular weight excluding hydrogens is 380 g/mol. The number of amides is 1. The van der Waals surface area contributed by atoms with Crippen LogP contribution in [0.15, 0.2) is 59.1 Å². The normalized spacial score (nSPS) is 10.9. The number of fused-ring (bicyclic) bond motifs is 1. The molecule has 0 aliphatic rings. The Hall–Kier alpha value is -3.74. The minimum Gasteiger partial charge on any atom is -0.467 e. The second-order valence-corrected chi connectivity index (χ2v) is 6.89. The molecule has 0 bridgehead atoms. The molecule has 152 valence electrons. The van der Waals surface area contributed by atoms with Gasteiger partial charge in [0.1, 0.15) is 16.9 Å². The van der Waals surface area contributed by atoms with Gasteiger partial charge in [0.15, 0.2) is 6.61 Å². The van der Waals surface area contributed by atoms with Crippen LogP contribution < -0.4 is 10.1 Å². The van der Waals surface area contributed by atoms with Gasteiger partial charge in [-0.3, -0.25) is 4.79 Å². The number of rotatable bonds is 7. The van der Waals surface area contributed by atoms with Crippen molar-refractivity contribution in [3.8, 4) is 17.1 Å². The second-order valence-electron chi connectivity index (χ2n) is 6.89. The molecule has 30 heavy (non-hydrogen) atoms. The zero-order valence-electron chi connectivity index (χ0n) is 16.9. The zero-order chi connectivity index (χ0) is 20.9. The molecule has 0 radical (unpaired) electrons. The van der Waals surface area contributed by atoms with Crippen molar-refractivity contribution in [1.29, 1.82) is 0 Å². The van der Waals surface area contributed by atoms with Crippen molar-refractivity contribution in [2.24, 2.45) is 0 Å². The number of aromatic nitrogens is 3. The topological polar surface area (TPSA) is 90.1 Å². The molecule has 7 nitrogen and oxygen atoms in total. The number of hydrogen-bond acceptors (Lipinski definition) is 6. The van der Waals surface area contributed by atoms with Gasteiger partial charge in [0.2, 0.25) is 5.88 Å². The van der Waals surface area contributed by atoms with E-state index in [0.29, 0.717) is 29.2 Å². The van der Waals surface area contributed by atoms with Crippen molar-refractivity contribution in [3.63, 3.8) is 0 Å². The van der Waals surface area contributed by atoms with E-state index >= 15 is 0 Å². The minimum atomic E-state index is -0.239. The Kier molecular flexibility index (Phi) is 5.70. The summed E-state index contributed by atoms with van der Waals surface area (Å²) in [5, 5.41) is 7.54. The predicted octanol–water partition coefficient (Wildman–Crippen LogP) is 3.85. The number of nitrogens with zero attached hydrogens (tertiary/aromatic N) is 3. The Morgan fingerprint density at radius 3 is 2.50 bits per heavy atom. The van der Waals surface area contributed by atoms with Crippen molar-refractivity contribution < 1.29 is 14.1 Å². The van der Waals surface area contributed by atoms with Crippen molar-refractivity contribution >= 4 is 17.0 Å². The first-order valence-corrected chi connectivity index (χ1v) is 9.81. The fourth-order valence-corrected chi connectivity index (χ4v) is 3.10. The molecule has 2 aromatic heterocycles. The van der Waals surface area contributed by atoms with Crippen LogP contribution in [0.2, 0.25) is 0 Å². The van der Waals surface area contributed by atoms with E-state index in [4.69, 9.17) is 9.26 Å². The highest BCUT2D eigenvalue weighted by Crippen LogP contribution is 2.32. The highest BCUT2D eigenvalue weighted by Gasteiger charge is 2.19. The maximum Gasteiger partial charge on any atom is 0.265 e. The van der Waals surface area contributed by atoms with Crippen molar-refractivity contribution in [2.75, 3.05) is 6.61 Å². The molecule has 0 saturated heterocycles. The predicted molar refractivity (Wildman–Crippen MR) is 113 cm³/mol. The van der Waals surface area contributed by atoms with Crippen LogP contribution in [0.5, 0.6) is 5.88 Å². The van der Waals surface area contributed by atoms with Crippen LogP contribution in [0.4, 0.5) is 0 Å². The fraction of sp³-hybridized carbons (Fsp3) is 0.217. The van der Waals surface area contributed by atoms with Crippen molar-refractivity contribution in [3.05, 3.63) is 71.5 Å². The van der Waals surface area contributed by atoms with E-state index in [2.05, 4.69) is 39.5 Å². The number of nitrogens with one attached hydrogen (secondary N) is 1. The van der Waals surface area contributed by atoms with Crippen LogP contribution in [-0.2, 0) is 17.8 Å². The van der Waals surface area contributed by atoms with Gasteiger partial charge in [-0.25, -0.2) is 0 Å². The molecule has 0 aliphatic carbocycles. The quantitative estimate of drug-likeness (QED) is 0.505. The lowest BCUT2D eigenvalue weighted by molar-refractivity contribution is -0.123. The number of carbonyl (C=O) groups excluding carboxylic acids is 1. The van der Waals surface area contributed by atoms with Gasteiger partial charge in [0, 0.05) is 12.1 Å². The van der Waals surface area contributed by atoms with E-state index in [9.17, 15) is 4.79 Å². The Bertz CT molecular complexity index is 1150. The third-order valence-electron chi connectivity index (χ3n) is 4.72. The van der Waals surface area contributed by atoms with Crippen LogP contribution in [0, 0.1) is 6.92 Å². The van der Waals surface area contributed by atoms with E-state index in [1.54, 1.807) is 6.92 Å². The molecule has 0 fully saturated rings. The van der Waals surface area contributed by atoms with Crippen LogP contribution >= 0.6 is 0 Å². The number of benzene rings is 2. The molecule has 7 heteroatoms. The van der Waals surface area contributed by atoms with E-state index in [1.165, 1.54) is 5.56 Å². The highest BCUT2D eigenvalue weighted by atomic mass is 16.5. The summed E-state index contributed by atoms with van der Waals surface area (Å²) in [5.74, 6) is 0.515. The smallest absolute Gasteiger partial charge is 0.265 e. The summed E-state index contributed by atoms with van der Waals surface area (Å²) in [6, 6.07) is 17.7. The molecule has 1 N–H and O–H groups in total. The summed E-state index contributed by atoms with van der Waals surface area (Å²) in [6.45, 7) is 4.11. The Labute approximate surface area is 174 Å². The molecule has 1 amide bonds. The Morgan fingerprint density at radius 1 is 1.03 bits per heavy atom. The van der Waals surface area contributed by atoms with Gasteiger partial charge < -0.3 is 14.6 Å². The molecule has 4 rings (SSSR count). The van der Waals surface area contributed by atoms with Crippen molar-refractivity contribution in [2.45, 2.75) is 26.8 Å². The molecule has 0 aliphatic heterocycles. The molecule has 4 aromatic rings. The average molecular weight is 402 g/mol. The molecule has 0 atom stereocenters. The summed E-state index contributed by atoms with van der Waals surface area (Å²) in [5.41, 5.74) is 4.06. The van der Waals surface area contributed by atoms with E-state index < -0.39 is 0 Å². The monoisotopic (exact) mass is 402 g/mol. The summed E-state index contributed by atoms with van der Waals surface area (Å²) in [4.78, 5) is 20.9. The van der Waals surface area contributed by atoms with E-state index in [-0.39, 0.29) is 18.4 Å². The first-order valence-electron chi connectivity index (χ1n) is 9.81. The Morgan fingerprint density at radius 2 is 1.77 bits per heavy atom. The SMILES string of the molecule is CCc1ccc(CNC(=O)COc2nc(C)nc3onc(-c4ccccc4)c23)cc1. The lowest BCUT2D eigenvalue weighted by Gasteiger charge is -2.09. The fourth-order valence-electron chi connectivity index (χ4n) is 3.10. The third kappa shape index (κ3) is 4.30. The molecule has 2 aromatic carbocycles. The van der Waals surface area contributed by atoms with Gasteiger partial charge in [-0.2, -0.15) is 9.97 Å².